The zero-order valence-corrected chi connectivity index (χ0v) is 10.6. The first-order valence-corrected chi connectivity index (χ1v) is 5.90. The lowest BCUT2D eigenvalue weighted by molar-refractivity contribution is 0.491. The molecule has 3 nitrogen and oxygen atoms in total. The predicted octanol–water partition coefficient (Wildman–Crippen LogP) is 2.79. The van der Waals surface area contributed by atoms with Crippen molar-refractivity contribution in [2.45, 2.75) is 26.4 Å². The molecule has 0 saturated heterocycles. The van der Waals surface area contributed by atoms with Crippen LogP contribution >= 0.6 is 0 Å². The predicted molar refractivity (Wildman–Crippen MR) is 65.4 cm³/mol. The summed E-state index contributed by atoms with van der Waals surface area (Å²) in [5.74, 6) is -3.17. The van der Waals surface area contributed by atoms with Crippen LogP contribution in [-0.4, -0.2) is 15.8 Å². The maximum atomic E-state index is 13.6. The summed E-state index contributed by atoms with van der Waals surface area (Å²) in [5.41, 5.74) is 0.576. The highest BCUT2D eigenvalue weighted by Crippen LogP contribution is 2.17. The molecule has 1 heterocycles. The molecule has 0 aliphatic heterocycles. The van der Waals surface area contributed by atoms with Crippen LogP contribution in [0.15, 0.2) is 24.4 Å². The highest BCUT2D eigenvalue weighted by atomic mass is 19.2. The molecule has 0 fully saturated rings. The molecule has 6 heteroatoms. The summed E-state index contributed by atoms with van der Waals surface area (Å²) in [6.07, 6.45) is 1.51. The van der Waals surface area contributed by atoms with Crippen molar-refractivity contribution in [3.8, 4) is 5.69 Å². The van der Waals surface area contributed by atoms with E-state index in [1.807, 2.05) is 13.8 Å². The first-order valence-electron chi connectivity index (χ1n) is 5.90. The van der Waals surface area contributed by atoms with E-state index >= 15 is 0 Å². The summed E-state index contributed by atoms with van der Waals surface area (Å²) in [5, 5.41) is 7.27. The SMILES string of the molecule is CC(C)NCc1ccn(-c2cc(F)c(F)cc2F)n1. The Kier molecular flexibility index (Phi) is 3.90. The Balaban J connectivity index is 2.25. The number of aromatic nitrogens is 2. The highest BCUT2D eigenvalue weighted by molar-refractivity contribution is 5.34. The van der Waals surface area contributed by atoms with Crippen LogP contribution in [0.5, 0.6) is 0 Å². The first kappa shape index (κ1) is 13.6. The Labute approximate surface area is 109 Å². The van der Waals surface area contributed by atoms with Crippen molar-refractivity contribution in [3.63, 3.8) is 0 Å². The van der Waals surface area contributed by atoms with Crippen LogP contribution in [-0.2, 0) is 6.54 Å². The van der Waals surface area contributed by atoms with Crippen LogP contribution in [0.1, 0.15) is 19.5 Å². The van der Waals surface area contributed by atoms with Gasteiger partial charge in [-0.25, -0.2) is 17.9 Å². The topological polar surface area (TPSA) is 29.9 Å². The number of rotatable bonds is 4. The van der Waals surface area contributed by atoms with Crippen molar-refractivity contribution in [3.05, 3.63) is 47.5 Å². The van der Waals surface area contributed by atoms with E-state index in [0.717, 1.165) is 6.07 Å². The highest BCUT2D eigenvalue weighted by Gasteiger charge is 2.12. The minimum Gasteiger partial charge on any atom is -0.309 e. The number of halogens is 3. The van der Waals surface area contributed by atoms with Crippen molar-refractivity contribution in [2.24, 2.45) is 0 Å². The normalized spacial score (nSPS) is 11.3. The van der Waals surface area contributed by atoms with Gasteiger partial charge in [-0.2, -0.15) is 5.10 Å². The van der Waals surface area contributed by atoms with Crippen LogP contribution in [0.4, 0.5) is 13.2 Å². The van der Waals surface area contributed by atoms with Crippen molar-refractivity contribution in [2.75, 3.05) is 0 Å². The third kappa shape index (κ3) is 3.14. The van der Waals surface area contributed by atoms with Gasteiger partial charge in [0.1, 0.15) is 5.69 Å². The average Bonchev–Trinajstić information content (AvgIpc) is 2.80. The fraction of sp³-hybridized carbons (Fsp3) is 0.308. The van der Waals surface area contributed by atoms with Gasteiger partial charge in [0.25, 0.3) is 0 Å². The summed E-state index contributed by atoms with van der Waals surface area (Å²) in [6.45, 7) is 4.51. The summed E-state index contributed by atoms with van der Waals surface area (Å²) in [4.78, 5) is 0. The molecule has 0 bridgehead atoms. The number of hydrogen-bond acceptors (Lipinski definition) is 2. The molecule has 2 rings (SSSR count). The molecule has 0 atom stereocenters. The van der Waals surface area contributed by atoms with Gasteiger partial charge in [-0.1, -0.05) is 13.8 Å². The largest absolute Gasteiger partial charge is 0.309 e. The van der Waals surface area contributed by atoms with E-state index < -0.39 is 17.5 Å². The van der Waals surface area contributed by atoms with E-state index in [4.69, 9.17) is 0 Å². The molecular formula is C13H14F3N3. The van der Waals surface area contributed by atoms with Gasteiger partial charge < -0.3 is 5.32 Å². The van der Waals surface area contributed by atoms with Crippen molar-refractivity contribution < 1.29 is 13.2 Å². The van der Waals surface area contributed by atoms with Gasteiger partial charge in [-0.15, -0.1) is 0 Å². The summed E-state index contributed by atoms with van der Waals surface area (Å²) < 4.78 is 40.7. The molecular weight excluding hydrogens is 255 g/mol. The Hall–Kier alpha value is -1.82. The lowest BCUT2D eigenvalue weighted by Crippen LogP contribution is -2.22. The maximum Gasteiger partial charge on any atom is 0.161 e. The van der Waals surface area contributed by atoms with Gasteiger partial charge in [-0.3, -0.25) is 0 Å². The molecule has 102 valence electrons. The summed E-state index contributed by atoms with van der Waals surface area (Å²) in [6, 6.07) is 3.29. The monoisotopic (exact) mass is 269 g/mol. The van der Waals surface area contributed by atoms with Crippen LogP contribution in [0.2, 0.25) is 0 Å². The van der Waals surface area contributed by atoms with Gasteiger partial charge in [0.2, 0.25) is 0 Å². The van der Waals surface area contributed by atoms with Gasteiger partial charge in [0.05, 0.1) is 5.69 Å². The van der Waals surface area contributed by atoms with Crippen LogP contribution in [0, 0.1) is 17.5 Å². The zero-order valence-electron chi connectivity index (χ0n) is 10.6. The Morgan fingerprint density at radius 3 is 2.53 bits per heavy atom. The Bertz CT molecular complexity index is 579. The maximum absolute atomic E-state index is 13.6. The lowest BCUT2D eigenvalue weighted by atomic mass is 10.3. The molecule has 1 aromatic heterocycles. The fourth-order valence-corrected chi connectivity index (χ4v) is 1.59. The second kappa shape index (κ2) is 5.44. The smallest absolute Gasteiger partial charge is 0.161 e. The molecule has 0 amide bonds. The molecule has 0 unspecified atom stereocenters. The minimum absolute atomic E-state index is 0.116. The van der Waals surface area contributed by atoms with Crippen LogP contribution in [0.25, 0.3) is 5.69 Å². The minimum atomic E-state index is -1.21. The van der Waals surface area contributed by atoms with E-state index in [1.165, 1.54) is 10.9 Å². The molecule has 1 N–H and O–H groups in total. The fourth-order valence-electron chi connectivity index (χ4n) is 1.59. The number of benzene rings is 1. The zero-order chi connectivity index (χ0) is 14.0. The molecule has 2 aromatic rings. The van der Waals surface area contributed by atoms with Crippen molar-refractivity contribution >= 4 is 0 Å². The third-order valence-corrected chi connectivity index (χ3v) is 2.57. The van der Waals surface area contributed by atoms with Crippen LogP contribution < -0.4 is 5.32 Å². The van der Waals surface area contributed by atoms with E-state index in [-0.39, 0.29) is 5.69 Å². The molecule has 1 aromatic carbocycles. The summed E-state index contributed by atoms with van der Waals surface area (Å²) in [7, 11) is 0. The van der Waals surface area contributed by atoms with Gasteiger partial charge >= 0.3 is 0 Å². The number of hydrogen-bond donors (Lipinski definition) is 1. The third-order valence-electron chi connectivity index (χ3n) is 2.57. The molecule has 0 aliphatic rings. The van der Waals surface area contributed by atoms with Crippen molar-refractivity contribution in [1.29, 1.82) is 0 Å². The second-order valence-electron chi connectivity index (χ2n) is 4.50. The standard InChI is InChI=1S/C13H14F3N3/c1-8(2)17-7-9-3-4-19(18-9)13-6-11(15)10(14)5-12(13)16/h3-6,8,17H,7H2,1-2H3. The average molecular weight is 269 g/mol. The lowest BCUT2D eigenvalue weighted by Gasteiger charge is -2.06. The second-order valence-corrected chi connectivity index (χ2v) is 4.50. The number of nitrogens with one attached hydrogen (secondary N) is 1. The Morgan fingerprint density at radius 1 is 1.16 bits per heavy atom. The first-order chi connectivity index (χ1) is 8.97. The molecule has 0 spiro atoms. The van der Waals surface area contributed by atoms with Crippen LogP contribution in [0.3, 0.4) is 0 Å². The van der Waals surface area contributed by atoms with E-state index in [1.54, 1.807) is 6.07 Å². The van der Waals surface area contributed by atoms with E-state index in [2.05, 4.69) is 10.4 Å². The van der Waals surface area contributed by atoms with Gasteiger partial charge in [0.15, 0.2) is 17.5 Å². The molecule has 0 saturated carbocycles. The van der Waals surface area contributed by atoms with Gasteiger partial charge in [-0.05, 0) is 6.07 Å². The quantitative estimate of drug-likeness (QED) is 0.865. The van der Waals surface area contributed by atoms with Crippen molar-refractivity contribution in [1.82, 2.24) is 15.1 Å². The summed E-state index contributed by atoms with van der Waals surface area (Å²) >= 11 is 0. The molecule has 0 aliphatic carbocycles. The molecule has 0 radical (unpaired) electrons. The van der Waals surface area contributed by atoms with Gasteiger partial charge in [0, 0.05) is 30.9 Å². The van der Waals surface area contributed by atoms with E-state index in [9.17, 15) is 13.2 Å². The van der Waals surface area contributed by atoms with E-state index in [0.29, 0.717) is 24.3 Å². The molecule has 19 heavy (non-hydrogen) atoms. The Morgan fingerprint density at radius 2 is 1.84 bits per heavy atom. The number of nitrogens with zero attached hydrogens (tertiary/aromatic N) is 2.